The van der Waals surface area contributed by atoms with Crippen molar-refractivity contribution in [3.63, 3.8) is 0 Å². The molecule has 1 aliphatic heterocycles. The second-order valence-corrected chi connectivity index (χ2v) is 12.9. The highest BCUT2D eigenvalue weighted by atomic mass is 35.5. The lowest BCUT2D eigenvalue weighted by Gasteiger charge is -2.35. The van der Waals surface area contributed by atoms with E-state index in [1.165, 1.54) is 11.1 Å². The summed E-state index contributed by atoms with van der Waals surface area (Å²) in [4.78, 5) is 51.2. The van der Waals surface area contributed by atoms with E-state index in [9.17, 15) is 14.4 Å². The molecule has 2 aliphatic rings. The highest BCUT2D eigenvalue weighted by molar-refractivity contribution is 6.30. The SMILES string of the molecule is CC(C)(C)[C@H](Nc1nc2ccccc2o1)C(=O)N1C[C@H](Oc2ccc(Cl)cn2)C[C@H]1C(=O)NC(CC1CCC1)C(=O)OCN. The van der Waals surface area contributed by atoms with Gasteiger partial charge in [0.25, 0.3) is 6.01 Å². The van der Waals surface area contributed by atoms with Crippen LogP contribution in [-0.4, -0.2) is 70.2 Å². The molecule has 4 atom stereocenters. The predicted octanol–water partition coefficient (Wildman–Crippen LogP) is 3.89. The number of halogens is 1. The standard InChI is InChI=1S/C31H39ClN6O6/c1-31(2,3)26(37-30-36-21-9-4-5-10-24(21)44-30)28(40)38-16-20(43-25-12-11-19(32)15-34-25)14-23(38)27(39)35-22(29(41)42-17-33)13-18-7-6-8-18/h4-5,9-12,15,18,20,22-23,26H,6-8,13-14,16-17,33H2,1-3H3,(H,35,39)(H,36,37)/t20-,22?,23+,26-/m1/s1. The summed E-state index contributed by atoms with van der Waals surface area (Å²) in [5, 5.41) is 6.49. The second-order valence-electron chi connectivity index (χ2n) is 12.5. The van der Waals surface area contributed by atoms with Gasteiger partial charge in [0, 0.05) is 18.7 Å². The van der Waals surface area contributed by atoms with Crippen molar-refractivity contribution < 1.29 is 28.3 Å². The Morgan fingerprint density at radius 2 is 1.95 bits per heavy atom. The van der Waals surface area contributed by atoms with Crippen LogP contribution in [0.3, 0.4) is 0 Å². The molecule has 3 heterocycles. The Kier molecular flexibility index (Phi) is 9.59. The van der Waals surface area contributed by atoms with Crippen molar-refractivity contribution in [2.45, 2.75) is 77.1 Å². The number of nitrogens with zero attached hydrogens (tertiary/aromatic N) is 3. The number of nitrogens with two attached hydrogens (primary N) is 1. The Labute approximate surface area is 261 Å². The van der Waals surface area contributed by atoms with Crippen molar-refractivity contribution in [2.24, 2.45) is 17.1 Å². The summed E-state index contributed by atoms with van der Waals surface area (Å²) >= 11 is 5.99. The lowest BCUT2D eigenvalue weighted by Crippen LogP contribution is -2.56. The molecule has 0 bridgehead atoms. The number of hydrogen-bond donors (Lipinski definition) is 3. The molecular formula is C31H39ClN6O6. The maximum Gasteiger partial charge on any atom is 0.329 e. The summed E-state index contributed by atoms with van der Waals surface area (Å²) in [6, 6.07) is 8.18. The number of amides is 2. The maximum absolute atomic E-state index is 14.3. The van der Waals surface area contributed by atoms with Crippen LogP contribution in [0.15, 0.2) is 47.0 Å². The number of ether oxygens (including phenoxy) is 2. The minimum absolute atomic E-state index is 0.115. The van der Waals surface area contributed by atoms with Crippen LogP contribution >= 0.6 is 11.6 Å². The number of oxazole rings is 1. The number of carbonyl (C=O) groups is 3. The second kappa shape index (κ2) is 13.4. The molecule has 4 N–H and O–H groups in total. The van der Waals surface area contributed by atoms with Crippen molar-refractivity contribution in [1.29, 1.82) is 0 Å². The summed E-state index contributed by atoms with van der Waals surface area (Å²) in [6.07, 6.45) is 4.60. The number of aromatic nitrogens is 2. The Morgan fingerprint density at radius 1 is 1.18 bits per heavy atom. The quantitative estimate of drug-likeness (QED) is 0.210. The molecule has 1 aromatic carbocycles. The molecule has 0 spiro atoms. The molecule has 2 aromatic heterocycles. The average Bonchev–Trinajstić information content (AvgIpc) is 3.57. The molecule has 5 rings (SSSR count). The van der Waals surface area contributed by atoms with Gasteiger partial charge in [-0.15, -0.1) is 0 Å². The first-order valence-corrected chi connectivity index (χ1v) is 15.3. The van der Waals surface area contributed by atoms with Crippen LogP contribution in [0, 0.1) is 11.3 Å². The topological polar surface area (TPSA) is 162 Å². The number of rotatable bonds is 11. The van der Waals surface area contributed by atoms with Gasteiger partial charge in [-0.05, 0) is 36.0 Å². The molecule has 13 heteroatoms. The Balaban J connectivity index is 1.40. The van der Waals surface area contributed by atoms with Crippen LogP contribution in [-0.2, 0) is 19.1 Å². The van der Waals surface area contributed by atoms with E-state index >= 15 is 0 Å². The summed E-state index contributed by atoms with van der Waals surface area (Å²) in [7, 11) is 0. The zero-order valence-electron chi connectivity index (χ0n) is 25.1. The third-order valence-electron chi connectivity index (χ3n) is 8.13. The fourth-order valence-corrected chi connectivity index (χ4v) is 5.69. The van der Waals surface area contributed by atoms with E-state index in [1.807, 2.05) is 39.0 Å². The largest absolute Gasteiger partial charge is 0.472 e. The van der Waals surface area contributed by atoms with Crippen LogP contribution in [0.4, 0.5) is 6.01 Å². The summed E-state index contributed by atoms with van der Waals surface area (Å²) in [5.74, 6) is -0.771. The number of anilines is 1. The molecule has 44 heavy (non-hydrogen) atoms. The van der Waals surface area contributed by atoms with E-state index in [0.717, 1.165) is 19.3 Å². The van der Waals surface area contributed by atoms with Gasteiger partial charge >= 0.3 is 5.97 Å². The minimum Gasteiger partial charge on any atom is -0.472 e. The molecule has 1 unspecified atom stereocenters. The van der Waals surface area contributed by atoms with E-state index in [2.05, 4.69) is 20.6 Å². The van der Waals surface area contributed by atoms with Gasteiger partial charge in [-0.25, -0.2) is 9.78 Å². The molecule has 3 aromatic rings. The highest BCUT2D eigenvalue weighted by Gasteiger charge is 2.46. The van der Waals surface area contributed by atoms with Crippen LogP contribution in [0.2, 0.25) is 5.02 Å². The fourth-order valence-electron chi connectivity index (χ4n) is 5.58. The van der Waals surface area contributed by atoms with Gasteiger partial charge in [0.2, 0.25) is 17.7 Å². The van der Waals surface area contributed by atoms with E-state index in [1.54, 1.807) is 18.2 Å². The first kappa shape index (κ1) is 31.5. The summed E-state index contributed by atoms with van der Waals surface area (Å²) < 4.78 is 17.0. The molecule has 0 radical (unpaired) electrons. The van der Waals surface area contributed by atoms with Gasteiger partial charge in [0.05, 0.1) is 11.6 Å². The number of carbonyl (C=O) groups excluding carboxylic acids is 3. The molecule has 2 amide bonds. The molecule has 1 aliphatic carbocycles. The minimum atomic E-state index is -0.926. The Hall–Kier alpha value is -3.90. The summed E-state index contributed by atoms with van der Waals surface area (Å²) in [6.45, 7) is 5.57. The number of pyridine rings is 1. The number of para-hydroxylation sites is 2. The number of benzene rings is 1. The Morgan fingerprint density at radius 3 is 2.59 bits per heavy atom. The van der Waals surface area contributed by atoms with Crippen molar-refractivity contribution in [3.05, 3.63) is 47.6 Å². The van der Waals surface area contributed by atoms with E-state index in [-0.39, 0.29) is 31.6 Å². The number of fused-ring (bicyclic) bond motifs is 1. The van der Waals surface area contributed by atoms with Crippen molar-refractivity contribution >= 4 is 46.5 Å². The van der Waals surface area contributed by atoms with E-state index < -0.39 is 41.5 Å². The maximum atomic E-state index is 14.3. The number of likely N-dealkylation sites (tertiary alicyclic amines) is 1. The third-order valence-corrected chi connectivity index (χ3v) is 8.35. The van der Waals surface area contributed by atoms with Gasteiger partial charge < -0.3 is 29.4 Å². The number of esters is 1. The van der Waals surface area contributed by atoms with Crippen LogP contribution in [0.25, 0.3) is 11.1 Å². The van der Waals surface area contributed by atoms with E-state index in [4.69, 9.17) is 31.2 Å². The van der Waals surface area contributed by atoms with Crippen LogP contribution in [0.1, 0.15) is 52.9 Å². The predicted molar refractivity (Wildman–Crippen MR) is 164 cm³/mol. The van der Waals surface area contributed by atoms with Crippen LogP contribution < -0.4 is 21.1 Å². The number of hydrogen-bond acceptors (Lipinski definition) is 10. The van der Waals surface area contributed by atoms with Crippen LogP contribution in [0.5, 0.6) is 5.88 Å². The highest BCUT2D eigenvalue weighted by Crippen LogP contribution is 2.33. The molecule has 12 nitrogen and oxygen atoms in total. The lowest BCUT2D eigenvalue weighted by atomic mass is 9.81. The van der Waals surface area contributed by atoms with Crippen molar-refractivity contribution in [2.75, 3.05) is 18.6 Å². The van der Waals surface area contributed by atoms with Gasteiger partial charge in [-0.3, -0.25) is 15.3 Å². The zero-order valence-corrected chi connectivity index (χ0v) is 25.9. The normalized spacial score (nSPS) is 20.1. The molecule has 2 fully saturated rings. The molecular weight excluding hydrogens is 588 g/mol. The first-order valence-electron chi connectivity index (χ1n) is 14.9. The van der Waals surface area contributed by atoms with Gasteiger partial charge in [0.15, 0.2) is 5.58 Å². The van der Waals surface area contributed by atoms with Gasteiger partial charge in [-0.2, -0.15) is 4.98 Å². The van der Waals surface area contributed by atoms with Gasteiger partial charge in [0.1, 0.15) is 36.5 Å². The fraction of sp³-hybridized carbons (Fsp3) is 0.516. The van der Waals surface area contributed by atoms with Crippen molar-refractivity contribution in [1.82, 2.24) is 20.2 Å². The smallest absolute Gasteiger partial charge is 0.329 e. The van der Waals surface area contributed by atoms with Crippen molar-refractivity contribution in [3.8, 4) is 5.88 Å². The lowest BCUT2D eigenvalue weighted by molar-refractivity contribution is -0.149. The summed E-state index contributed by atoms with van der Waals surface area (Å²) in [5.41, 5.74) is 6.09. The van der Waals surface area contributed by atoms with E-state index in [0.29, 0.717) is 34.3 Å². The molecule has 1 saturated heterocycles. The van der Waals surface area contributed by atoms with Gasteiger partial charge in [-0.1, -0.05) is 63.8 Å². The first-order chi connectivity index (χ1) is 21.0. The molecule has 1 saturated carbocycles. The third kappa shape index (κ3) is 7.41. The monoisotopic (exact) mass is 626 g/mol. The number of nitrogens with one attached hydrogen (secondary N) is 2. The zero-order chi connectivity index (χ0) is 31.4. The Bertz CT molecular complexity index is 1440. The molecule has 236 valence electrons. The average molecular weight is 627 g/mol.